The predicted molar refractivity (Wildman–Crippen MR) is 91.9 cm³/mol. The number of unbranched alkanes of at least 4 members (excludes halogenated alkanes) is 1. The Labute approximate surface area is 138 Å². The van der Waals surface area contributed by atoms with Gasteiger partial charge in [0.25, 0.3) is 0 Å². The molecule has 0 unspecified atom stereocenters. The van der Waals surface area contributed by atoms with Gasteiger partial charge in [-0.2, -0.15) is 0 Å². The Morgan fingerprint density at radius 1 is 1.27 bits per heavy atom. The molecular weight excluding hydrogens is 318 g/mol. The molecule has 22 heavy (non-hydrogen) atoms. The Balaban J connectivity index is 1.73. The molecule has 0 aromatic heterocycles. The maximum absolute atomic E-state index is 11.9. The van der Waals surface area contributed by atoms with Crippen LogP contribution in [0.3, 0.4) is 0 Å². The van der Waals surface area contributed by atoms with Gasteiger partial charge in [-0.1, -0.05) is 58.3 Å². The lowest BCUT2D eigenvalue weighted by molar-refractivity contribution is -0.142. The molecule has 0 radical (unpaired) electrons. The number of nitrogens with one attached hydrogen (secondary N) is 1. The Morgan fingerprint density at radius 2 is 2.05 bits per heavy atom. The molecule has 0 bridgehead atoms. The molecule has 1 heterocycles. The molecule has 1 amide bonds. The molecule has 1 saturated heterocycles. The fourth-order valence-corrected chi connectivity index (χ4v) is 5.42. The highest BCUT2D eigenvalue weighted by molar-refractivity contribution is 8.77. The van der Waals surface area contributed by atoms with Crippen molar-refractivity contribution in [1.82, 2.24) is 5.32 Å². The third-order valence-electron chi connectivity index (χ3n) is 3.59. The van der Waals surface area contributed by atoms with Gasteiger partial charge in [0, 0.05) is 17.4 Å². The number of carbonyl (C=O) groups excluding carboxylic acids is 1. The molecule has 0 saturated carbocycles. The Morgan fingerprint density at radius 3 is 2.68 bits per heavy atom. The highest BCUT2D eigenvalue weighted by atomic mass is 33.1. The molecule has 120 valence electrons. The number of hydrogen-bond acceptors (Lipinski definition) is 4. The second kappa shape index (κ2) is 9.10. The summed E-state index contributed by atoms with van der Waals surface area (Å²) < 4.78 is 0. The molecule has 1 fully saturated rings. The van der Waals surface area contributed by atoms with Crippen molar-refractivity contribution < 1.29 is 14.7 Å². The van der Waals surface area contributed by atoms with Crippen LogP contribution < -0.4 is 5.32 Å². The SMILES string of the molecule is O=C(CCCC[C@@H]1CCSS1)N[C@H](C(=O)O)c1ccccc1. The van der Waals surface area contributed by atoms with Crippen molar-refractivity contribution in [3.8, 4) is 0 Å². The zero-order chi connectivity index (χ0) is 15.8. The first kappa shape index (κ1) is 17.2. The number of aliphatic carboxylic acids is 1. The molecule has 1 aromatic rings. The van der Waals surface area contributed by atoms with E-state index in [9.17, 15) is 14.7 Å². The maximum atomic E-state index is 11.9. The van der Waals surface area contributed by atoms with Gasteiger partial charge in [0.2, 0.25) is 5.91 Å². The average Bonchev–Trinajstić information content (AvgIpc) is 3.03. The van der Waals surface area contributed by atoms with Gasteiger partial charge in [0.05, 0.1) is 0 Å². The lowest BCUT2D eigenvalue weighted by Gasteiger charge is -2.15. The molecule has 0 aliphatic carbocycles. The van der Waals surface area contributed by atoms with Crippen molar-refractivity contribution >= 4 is 33.5 Å². The standard InChI is InChI=1S/C16H21NO3S2/c18-14(9-5-4-8-13-10-11-21-22-13)17-15(16(19)20)12-6-2-1-3-7-12/h1-3,6-7,13,15H,4-5,8-11H2,(H,17,18)(H,19,20)/t13-,15+/m1/s1. The molecule has 0 spiro atoms. The van der Waals surface area contributed by atoms with Gasteiger partial charge in [0.1, 0.15) is 0 Å². The molecule has 1 aromatic carbocycles. The zero-order valence-corrected chi connectivity index (χ0v) is 14.0. The second-order valence-electron chi connectivity index (χ2n) is 5.32. The number of amides is 1. The summed E-state index contributed by atoms with van der Waals surface area (Å²) in [6, 6.07) is 7.84. The van der Waals surface area contributed by atoms with Crippen LogP contribution in [0.15, 0.2) is 30.3 Å². The number of carboxylic acids is 1. The summed E-state index contributed by atoms with van der Waals surface area (Å²) >= 11 is 0. The van der Waals surface area contributed by atoms with E-state index < -0.39 is 12.0 Å². The number of hydrogen-bond donors (Lipinski definition) is 2. The topological polar surface area (TPSA) is 66.4 Å². The molecule has 4 nitrogen and oxygen atoms in total. The lowest BCUT2D eigenvalue weighted by Crippen LogP contribution is -2.33. The molecule has 2 atom stereocenters. The van der Waals surface area contributed by atoms with Crippen LogP contribution in [0.25, 0.3) is 0 Å². The molecular formula is C16H21NO3S2. The Kier molecular flexibility index (Phi) is 7.12. The van der Waals surface area contributed by atoms with Crippen LogP contribution in [0.2, 0.25) is 0 Å². The Hall–Kier alpha value is -1.14. The van der Waals surface area contributed by atoms with Crippen LogP contribution >= 0.6 is 21.6 Å². The number of carboxylic acid groups (broad SMARTS) is 1. The van der Waals surface area contributed by atoms with Crippen molar-refractivity contribution in [2.45, 2.75) is 43.4 Å². The van der Waals surface area contributed by atoms with E-state index >= 15 is 0 Å². The van der Waals surface area contributed by atoms with Gasteiger partial charge in [-0.05, 0) is 24.8 Å². The second-order valence-corrected chi connectivity index (χ2v) is 8.11. The molecule has 2 rings (SSSR count). The third kappa shape index (κ3) is 5.57. The van der Waals surface area contributed by atoms with E-state index in [0.717, 1.165) is 24.5 Å². The summed E-state index contributed by atoms with van der Waals surface area (Å²) in [6.07, 6.45) is 4.63. The van der Waals surface area contributed by atoms with Crippen LogP contribution in [-0.4, -0.2) is 28.0 Å². The van der Waals surface area contributed by atoms with Crippen molar-refractivity contribution in [3.05, 3.63) is 35.9 Å². The van der Waals surface area contributed by atoms with E-state index in [1.807, 2.05) is 27.7 Å². The summed E-state index contributed by atoms with van der Waals surface area (Å²) in [5.41, 5.74) is 0.600. The Bertz CT molecular complexity index is 489. The summed E-state index contributed by atoms with van der Waals surface area (Å²) in [6.45, 7) is 0. The number of rotatable bonds is 8. The molecule has 2 N–H and O–H groups in total. The van der Waals surface area contributed by atoms with E-state index in [2.05, 4.69) is 5.32 Å². The monoisotopic (exact) mass is 339 g/mol. The fraction of sp³-hybridized carbons (Fsp3) is 0.500. The van der Waals surface area contributed by atoms with E-state index in [0.29, 0.717) is 12.0 Å². The number of carbonyl (C=O) groups is 2. The molecule has 1 aliphatic heterocycles. The minimum absolute atomic E-state index is 0.190. The van der Waals surface area contributed by atoms with Crippen molar-refractivity contribution in [2.75, 3.05) is 5.75 Å². The summed E-state index contributed by atoms with van der Waals surface area (Å²) in [5.74, 6) is 0.0105. The maximum Gasteiger partial charge on any atom is 0.330 e. The number of benzene rings is 1. The first-order valence-electron chi connectivity index (χ1n) is 7.52. The predicted octanol–water partition coefficient (Wildman–Crippen LogP) is 3.64. The zero-order valence-electron chi connectivity index (χ0n) is 12.4. The van der Waals surface area contributed by atoms with E-state index in [-0.39, 0.29) is 5.91 Å². The first-order valence-corrected chi connectivity index (χ1v) is 9.90. The largest absolute Gasteiger partial charge is 0.479 e. The van der Waals surface area contributed by atoms with Crippen molar-refractivity contribution in [3.63, 3.8) is 0 Å². The molecule has 6 heteroatoms. The normalized spacial score (nSPS) is 18.8. The van der Waals surface area contributed by atoms with Gasteiger partial charge in [-0.15, -0.1) is 0 Å². The van der Waals surface area contributed by atoms with Crippen LogP contribution in [0.4, 0.5) is 0 Å². The summed E-state index contributed by atoms with van der Waals surface area (Å²) in [4.78, 5) is 23.3. The smallest absolute Gasteiger partial charge is 0.330 e. The minimum atomic E-state index is -1.03. The van der Waals surface area contributed by atoms with E-state index in [1.54, 1.807) is 24.3 Å². The van der Waals surface area contributed by atoms with Gasteiger partial charge < -0.3 is 10.4 Å². The van der Waals surface area contributed by atoms with Crippen LogP contribution in [0.5, 0.6) is 0 Å². The minimum Gasteiger partial charge on any atom is -0.479 e. The first-order chi connectivity index (χ1) is 10.7. The highest BCUT2D eigenvalue weighted by Crippen LogP contribution is 2.39. The van der Waals surface area contributed by atoms with Gasteiger partial charge in [0.15, 0.2) is 6.04 Å². The van der Waals surface area contributed by atoms with Gasteiger partial charge >= 0.3 is 5.97 Å². The quantitative estimate of drug-likeness (QED) is 0.559. The van der Waals surface area contributed by atoms with Crippen LogP contribution in [0.1, 0.15) is 43.7 Å². The van der Waals surface area contributed by atoms with Gasteiger partial charge in [-0.25, -0.2) is 4.79 Å². The van der Waals surface area contributed by atoms with Crippen LogP contribution in [-0.2, 0) is 9.59 Å². The van der Waals surface area contributed by atoms with Gasteiger partial charge in [-0.3, -0.25) is 4.79 Å². The average molecular weight is 339 g/mol. The van der Waals surface area contributed by atoms with Crippen molar-refractivity contribution in [1.29, 1.82) is 0 Å². The van der Waals surface area contributed by atoms with E-state index in [4.69, 9.17) is 0 Å². The van der Waals surface area contributed by atoms with Crippen LogP contribution in [0, 0.1) is 0 Å². The van der Waals surface area contributed by atoms with E-state index in [1.165, 1.54) is 12.2 Å². The summed E-state index contributed by atoms with van der Waals surface area (Å²) in [5, 5.41) is 12.6. The third-order valence-corrected chi connectivity index (χ3v) is 6.60. The van der Waals surface area contributed by atoms with Crippen molar-refractivity contribution in [2.24, 2.45) is 0 Å². The highest BCUT2D eigenvalue weighted by Gasteiger charge is 2.21. The lowest BCUT2D eigenvalue weighted by atomic mass is 10.1. The fourth-order valence-electron chi connectivity index (χ4n) is 2.39. The summed E-state index contributed by atoms with van der Waals surface area (Å²) in [7, 11) is 3.88. The molecule has 1 aliphatic rings.